The topological polar surface area (TPSA) is 77.4 Å². The highest BCUT2D eigenvalue weighted by Crippen LogP contribution is 2.13. The first kappa shape index (κ1) is 13.5. The van der Waals surface area contributed by atoms with Gasteiger partial charge in [-0.2, -0.15) is 4.98 Å². The third-order valence-electron chi connectivity index (χ3n) is 3.21. The van der Waals surface area contributed by atoms with E-state index in [4.69, 9.17) is 15.0 Å². The molecule has 6 heteroatoms. The quantitative estimate of drug-likeness (QED) is 0.723. The zero-order valence-electron chi connectivity index (χ0n) is 11.0. The molecule has 1 saturated heterocycles. The highest BCUT2D eigenvalue weighted by Gasteiger charge is 2.19. The third-order valence-corrected chi connectivity index (χ3v) is 3.21. The Kier molecular flexibility index (Phi) is 5.10. The van der Waals surface area contributed by atoms with E-state index in [2.05, 4.69) is 15.0 Å². The lowest BCUT2D eigenvalue weighted by molar-refractivity contribution is 0.192. The lowest BCUT2D eigenvalue weighted by Crippen LogP contribution is -2.30. The van der Waals surface area contributed by atoms with Crippen molar-refractivity contribution >= 4 is 0 Å². The fourth-order valence-electron chi connectivity index (χ4n) is 2.21. The minimum atomic E-state index is -0.150. The van der Waals surface area contributed by atoms with Crippen LogP contribution in [0.3, 0.4) is 0 Å². The van der Waals surface area contributed by atoms with E-state index in [0.717, 1.165) is 32.5 Å². The molecule has 1 aliphatic heterocycles. The molecule has 0 aromatic carbocycles. The molecule has 6 nitrogen and oxygen atoms in total. The summed E-state index contributed by atoms with van der Waals surface area (Å²) in [5, 5.41) is 3.96. The number of aromatic nitrogens is 2. The molecule has 0 bridgehead atoms. The van der Waals surface area contributed by atoms with E-state index < -0.39 is 0 Å². The van der Waals surface area contributed by atoms with Gasteiger partial charge >= 0.3 is 0 Å². The van der Waals surface area contributed by atoms with Crippen LogP contribution < -0.4 is 5.73 Å². The number of aryl methyl sites for hydroxylation is 1. The minimum absolute atomic E-state index is 0.150. The summed E-state index contributed by atoms with van der Waals surface area (Å²) in [5.41, 5.74) is 6.09. The van der Waals surface area contributed by atoms with Crippen LogP contribution in [-0.4, -0.2) is 48.4 Å². The first-order valence-electron chi connectivity index (χ1n) is 6.59. The average Bonchev–Trinajstić information content (AvgIpc) is 3.00. The molecule has 1 aliphatic rings. The fraction of sp³-hybridized carbons (Fsp3) is 0.833. The molecular weight excluding hydrogens is 232 g/mol. The fourth-order valence-corrected chi connectivity index (χ4v) is 2.21. The molecule has 0 saturated carbocycles. The van der Waals surface area contributed by atoms with Crippen molar-refractivity contribution in [3.8, 4) is 0 Å². The minimum Gasteiger partial charge on any atom is -0.385 e. The molecule has 102 valence electrons. The van der Waals surface area contributed by atoms with Crippen LogP contribution in [0.5, 0.6) is 0 Å². The zero-order chi connectivity index (χ0) is 12.8. The summed E-state index contributed by atoms with van der Waals surface area (Å²) in [4.78, 5) is 6.69. The van der Waals surface area contributed by atoms with Gasteiger partial charge in [0.15, 0.2) is 5.82 Å². The Balaban J connectivity index is 1.80. The summed E-state index contributed by atoms with van der Waals surface area (Å²) < 4.78 is 10.2. The zero-order valence-corrected chi connectivity index (χ0v) is 11.0. The summed E-state index contributed by atoms with van der Waals surface area (Å²) in [5.74, 6) is 1.27. The summed E-state index contributed by atoms with van der Waals surface area (Å²) in [7, 11) is 1.69. The van der Waals surface area contributed by atoms with Gasteiger partial charge in [-0.25, -0.2) is 0 Å². The van der Waals surface area contributed by atoms with E-state index >= 15 is 0 Å². The van der Waals surface area contributed by atoms with Crippen LogP contribution in [0.25, 0.3) is 0 Å². The number of methoxy groups -OCH3 is 1. The van der Waals surface area contributed by atoms with Crippen LogP contribution in [0.15, 0.2) is 4.52 Å². The van der Waals surface area contributed by atoms with Gasteiger partial charge in [-0.05, 0) is 32.4 Å². The molecule has 18 heavy (non-hydrogen) atoms. The molecule has 2 rings (SSSR count). The van der Waals surface area contributed by atoms with Gasteiger partial charge in [-0.3, -0.25) is 0 Å². The average molecular weight is 254 g/mol. The first-order valence-corrected chi connectivity index (χ1v) is 6.59. The Morgan fingerprint density at radius 1 is 1.44 bits per heavy atom. The van der Waals surface area contributed by atoms with Gasteiger partial charge in [-0.15, -0.1) is 0 Å². The summed E-state index contributed by atoms with van der Waals surface area (Å²) in [6, 6.07) is -0.150. The maximum absolute atomic E-state index is 6.09. The predicted molar refractivity (Wildman–Crippen MR) is 67.1 cm³/mol. The molecule has 0 amide bonds. The number of rotatable bonds is 7. The van der Waals surface area contributed by atoms with Crippen molar-refractivity contribution in [3.63, 3.8) is 0 Å². The number of nitrogens with two attached hydrogens (primary N) is 1. The van der Waals surface area contributed by atoms with Gasteiger partial charge in [0.2, 0.25) is 5.89 Å². The van der Waals surface area contributed by atoms with Crippen molar-refractivity contribution in [1.82, 2.24) is 15.0 Å². The van der Waals surface area contributed by atoms with Crippen LogP contribution in [0, 0.1) is 0 Å². The Morgan fingerprint density at radius 2 is 2.22 bits per heavy atom. The maximum atomic E-state index is 6.09. The molecule has 2 N–H and O–H groups in total. The molecule has 0 radical (unpaired) electrons. The van der Waals surface area contributed by atoms with Crippen LogP contribution in [0.4, 0.5) is 0 Å². The lowest BCUT2D eigenvalue weighted by Gasteiger charge is -2.17. The molecule has 1 fully saturated rings. The van der Waals surface area contributed by atoms with Crippen molar-refractivity contribution in [3.05, 3.63) is 11.7 Å². The van der Waals surface area contributed by atoms with Crippen LogP contribution in [-0.2, 0) is 11.2 Å². The third kappa shape index (κ3) is 3.76. The Morgan fingerprint density at radius 3 is 2.94 bits per heavy atom. The molecule has 2 heterocycles. The van der Waals surface area contributed by atoms with Crippen LogP contribution >= 0.6 is 0 Å². The molecule has 1 aromatic heterocycles. The molecule has 1 unspecified atom stereocenters. The van der Waals surface area contributed by atoms with Gasteiger partial charge in [0.1, 0.15) is 0 Å². The molecule has 0 aliphatic carbocycles. The SMILES string of the molecule is COCCCc1nc(C(N)CN2CCCC2)no1. The second kappa shape index (κ2) is 6.82. The molecule has 0 spiro atoms. The van der Waals surface area contributed by atoms with E-state index in [0.29, 0.717) is 18.3 Å². The number of hydrogen-bond donors (Lipinski definition) is 1. The van der Waals surface area contributed by atoms with E-state index in [1.54, 1.807) is 7.11 Å². The first-order chi connectivity index (χ1) is 8.79. The lowest BCUT2D eigenvalue weighted by atomic mass is 10.2. The summed E-state index contributed by atoms with van der Waals surface area (Å²) in [6.07, 6.45) is 4.17. The van der Waals surface area contributed by atoms with Gasteiger partial charge in [0.25, 0.3) is 0 Å². The van der Waals surface area contributed by atoms with Crippen LogP contribution in [0.2, 0.25) is 0 Å². The van der Waals surface area contributed by atoms with E-state index in [1.807, 2.05) is 0 Å². The van der Waals surface area contributed by atoms with Crippen molar-refractivity contribution in [2.45, 2.75) is 31.7 Å². The number of hydrogen-bond acceptors (Lipinski definition) is 6. The van der Waals surface area contributed by atoms with E-state index in [1.165, 1.54) is 12.8 Å². The highest BCUT2D eigenvalue weighted by molar-refractivity contribution is 4.94. The Labute approximate surface area is 107 Å². The van der Waals surface area contributed by atoms with Crippen molar-refractivity contribution in [2.24, 2.45) is 5.73 Å². The monoisotopic (exact) mass is 254 g/mol. The van der Waals surface area contributed by atoms with Crippen molar-refractivity contribution < 1.29 is 9.26 Å². The standard InChI is InChI=1S/C12H22N4O2/c1-17-8-4-5-11-14-12(15-18-11)10(13)9-16-6-2-3-7-16/h10H,2-9,13H2,1H3. The highest BCUT2D eigenvalue weighted by atomic mass is 16.5. The summed E-state index contributed by atoms with van der Waals surface area (Å²) in [6.45, 7) is 3.78. The smallest absolute Gasteiger partial charge is 0.226 e. The van der Waals surface area contributed by atoms with Crippen molar-refractivity contribution in [2.75, 3.05) is 33.4 Å². The van der Waals surface area contributed by atoms with Gasteiger partial charge in [0, 0.05) is 26.7 Å². The molecular formula is C12H22N4O2. The summed E-state index contributed by atoms with van der Waals surface area (Å²) >= 11 is 0. The largest absolute Gasteiger partial charge is 0.385 e. The van der Waals surface area contributed by atoms with Gasteiger partial charge in [0.05, 0.1) is 6.04 Å². The number of nitrogens with zero attached hydrogens (tertiary/aromatic N) is 3. The van der Waals surface area contributed by atoms with Crippen LogP contribution in [0.1, 0.15) is 37.0 Å². The number of likely N-dealkylation sites (tertiary alicyclic amines) is 1. The predicted octanol–water partition coefficient (Wildman–Crippen LogP) is 0.744. The number of ether oxygens (including phenoxy) is 1. The maximum Gasteiger partial charge on any atom is 0.226 e. The molecule has 1 aromatic rings. The normalized spacial score (nSPS) is 18.3. The van der Waals surface area contributed by atoms with Crippen molar-refractivity contribution in [1.29, 1.82) is 0 Å². The van der Waals surface area contributed by atoms with E-state index in [-0.39, 0.29) is 6.04 Å². The molecule has 1 atom stereocenters. The van der Waals surface area contributed by atoms with E-state index in [9.17, 15) is 0 Å². The van der Waals surface area contributed by atoms with Gasteiger partial charge in [-0.1, -0.05) is 5.16 Å². The Hall–Kier alpha value is -0.980. The van der Waals surface area contributed by atoms with Gasteiger partial charge < -0.3 is 19.9 Å². The second-order valence-corrected chi connectivity index (χ2v) is 4.76. The second-order valence-electron chi connectivity index (χ2n) is 4.76. The Bertz CT molecular complexity index is 350.